The number of amides is 1. The Labute approximate surface area is 727 Å². The Morgan fingerprint density at radius 2 is 0.656 bits per heavy atom. The number of pyridine rings is 3. The first kappa shape index (κ1) is 96.9. The summed E-state index contributed by atoms with van der Waals surface area (Å²) in [7, 11) is 0. The van der Waals surface area contributed by atoms with Gasteiger partial charge in [-0.3, -0.25) is 28.9 Å². The zero-order valence-corrected chi connectivity index (χ0v) is 74.7. The predicted molar refractivity (Wildman–Crippen MR) is 455 cm³/mol. The van der Waals surface area contributed by atoms with Gasteiger partial charge in [0.25, 0.3) is 0 Å². The van der Waals surface area contributed by atoms with Crippen molar-refractivity contribution in [2.24, 2.45) is 0 Å². The number of ketones is 4. The third kappa shape index (κ3) is 26.2. The Bertz CT molecular complexity index is 4740. The van der Waals surface area contributed by atoms with E-state index in [1.807, 2.05) is 113 Å². The first-order valence-corrected chi connectivity index (χ1v) is 42.6. The molecule has 8 aromatic heterocycles. The lowest BCUT2D eigenvalue weighted by atomic mass is 9.93. The third-order valence-electron chi connectivity index (χ3n) is 22.1. The lowest BCUT2D eigenvalue weighted by molar-refractivity contribution is -0.138. The van der Waals surface area contributed by atoms with Crippen LogP contribution in [0.15, 0.2) is 132 Å². The second-order valence-corrected chi connectivity index (χ2v) is 38.1. The molecule has 1 aromatic carbocycles. The van der Waals surface area contributed by atoms with Gasteiger partial charge in [0.2, 0.25) is 5.91 Å². The van der Waals surface area contributed by atoms with Gasteiger partial charge in [-0.25, -0.2) is 15.0 Å². The molecule has 5 fully saturated rings. The van der Waals surface area contributed by atoms with Gasteiger partial charge in [0.1, 0.15) is 52.3 Å². The highest BCUT2D eigenvalue weighted by Crippen LogP contribution is 2.38. The second kappa shape index (κ2) is 39.7. The van der Waals surface area contributed by atoms with E-state index in [2.05, 4.69) is 90.5 Å². The molecule has 14 rings (SSSR count). The van der Waals surface area contributed by atoms with Crippen LogP contribution in [0.1, 0.15) is 250 Å². The SMILES string of the molecule is CC(C)(C)c1cc(CC(=O)C2CCCN2c2ccc(C(F)(F)F)cn2)no1.CC(C)(C)c1cc(CC(=O)[C@@H]2CCCN2c2ccc(C(F)(F)F)cn2)no1.CC(C)(C)c1cc(CC(=O)[C@H]2CCCN2c2ccc(C(F)(F)F)cn2)no1.CC(C)(C)c1cc(NC(=O)[C@@H]2CCCN2c2ccc(Cl)cc2)no1.CC(C)N1CCCC1C(=O)Cc1cc(C(C)(C)C)on1. The van der Waals surface area contributed by atoms with E-state index in [1.165, 1.54) is 18.2 Å². The molecule has 2 unspecified atom stereocenters. The molecule has 0 saturated carbocycles. The normalized spacial score (nSPS) is 18.5. The molecule has 5 saturated heterocycles. The van der Waals surface area contributed by atoms with E-state index < -0.39 is 53.3 Å². The highest BCUT2D eigenvalue weighted by Gasteiger charge is 2.41. The van der Waals surface area contributed by atoms with Crippen LogP contribution in [-0.4, -0.2) is 144 Å². The number of anilines is 5. The quantitative estimate of drug-likeness (QED) is 0.0736. The van der Waals surface area contributed by atoms with Crippen LogP contribution >= 0.6 is 11.6 Å². The maximum absolute atomic E-state index is 12.8. The number of nitrogens with one attached hydrogen (secondary N) is 1. The smallest absolute Gasteiger partial charge is 0.361 e. The molecule has 1 N–H and O–H groups in total. The number of alkyl halides is 9. The Hall–Kier alpha value is -10.3. The summed E-state index contributed by atoms with van der Waals surface area (Å²) in [4.78, 5) is 84.9. The van der Waals surface area contributed by atoms with Crippen molar-refractivity contribution >= 4 is 69.6 Å². The number of halogens is 10. The Morgan fingerprint density at radius 1 is 0.376 bits per heavy atom. The molecule has 5 aliphatic rings. The van der Waals surface area contributed by atoms with Gasteiger partial charge >= 0.3 is 18.5 Å². The van der Waals surface area contributed by atoms with Crippen molar-refractivity contribution in [1.29, 1.82) is 0 Å². The topological polar surface area (TPSA) is 282 Å². The van der Waals surface area contributed by atoms with Crippen LogP contribution < -0.4 is 24.9 Å². The van der Waals surface area contributed by atoms with Crippen molar-refractivity contribution in [3.63, 3.8) is 0 Å². The van der Waals surface area contributed by atoms with Crippen LogP contribution in [0.3, 0.4) is 0 Å². The van der Waals surface area contributed by atoms with Crippen molar-refractivity contribution in [1.82, 2.24) is 45.6 Å². The third-order valence-corrected chi connectivity index (χ3v) is 22.4. The maximum Gasteiger partial charge on any atom is 0.417 e. The summed E-state index contributed by atoms with van der Waals surface area (Å²) in [5, 5.41) is 23.5. The summed E-state index contributed by atoms with van der Waals surface area (Å²) >= 11 is 5.95. The summed E-state index contributed by atoms with van der Waals surface area (Å²) in [6.45, 7) is 38.2. The molecule has 0 aliphatic carbocycles. The number of Topliss-reactive ketones (excluding diaryl/α,β-unsaturated/α-hetero) is 4. The van der Waals surface area contributed by atoms with Crippen molar-refractivity contribution in [2.45, 2.75) is 289 Å². The molecule has 678 valence electrons. The number of hydrogen-bond donors (Lipinski definition) is 1. The van der Waals surface area contributed by atoms with Gasteiger partial charge in [-0.05, 0) is 145 Å². The number of nitrogens with zero attached hydrogens (tertiary/aromatic N) is 13. The molecule has 5 aliphatic heterocycles. The average molecular weight is 1770 g/mol. The summed E-state index contributed by atoms with van der Waals surface area (Å²) < 4.78 is 141. The predicted octanol–water partition coefficient (Wildman–Crippen LogP) is 19.7. The number of aromatic nitrogens is 8. The van der Waals surface area contributed by atoms with Crippen LogP contribution in [0.5, 0.6) is 0 Å². The summed E-state index contributed by atoms with van der Waals surface area (Å²) in [6, 6.07) is 22.6. The summed E-state index contributed by atoms with van der Waals surface area (Å²) in [5.74, 6) is 5.42. The number of carbonyl (C=O) groups excluding carboxylic acids is 5. The zero-order valence-electron chi connectivity index (χ0n) is 74.0. The molecule has 0 spiro atoms. The van der Waals surface area contributed by atoms with E-state index in [9.17, 15) is 63.5 Å². The number of carbonyl (C=O) groups is 5. The number of rotatable bonds is 19. The monoisotopic (exact) mass is 1770 g/mol. The van der Waals surface area contributed by atoms with Crippen LogP contribution in [0.2, 0.25) is 5.02 Å². The molecular weight excluding hydrogens is 1660 g/mol. The largest absolute Gasteiger partial charge is 0.417 e. The van der Waals surface area contributed by atoms with Crippen LogP contribution in [0, 0.1) is 0 Å². The van der Waals surface area contributed by atoms with Gasteiger partial charge in [-0.1, -0.05) is 141 Å². The molecule has 5 atom stereocenters. The molecule has 125 heavy (non-hydrogen) atoms. The Kier molecular flexibility index (Phi) is 30.8. The maximum atomic E-state index is 12.8. The second-order valence-electron chi connectivity index (χ2n) is 37.7. The lowest BCUT2D eigenvalue weighted by Crippen LogP contribution is -2.41. The average Bonchev–Trinajstić information content (AvgIpc) is 1.63. The number of hydrogen-bond acceptors (Lipinski definition) is 23. The van der Waals surface area contributed by atoms with Gasteiger partial charge in [0.05, 0.1) is 89.3 Å². The van der Waals surface area contributed by atoms with Gasteiger partial charge in [0.15, 0.2) is 29.0 Å². The molecule has 9 aromatic rings. The fourth-order valence-corrected chi connectivity index (χ4v) is 15.2. The van der Waals surface area contributed by atoms with E-state index in [4.69, 9.17) is 34.2 Å². The molecule has 0 radical (unpaired) electrons. The molecule has 34 heteroatoms. The summed E-state index contributed by atoms with van der Waals surface area (Å²) in [6.07, 6.45) is -1.93. The first-order chi connectivity index (χ1) is 58.3. The van der Waals surface area contributed by atoms with E-state index in [-0.39, 0.29) is 87.5 Å². The zero-order chi connectivity index (χ0) is 91.7. The van der Waals surface area contributed by atoms with Crippen molar-refractivity contribution in [2.75, 3.05) is 57.6 Å². The highest BCUT2D eigenvalue weighted by atomic mass is 35.5. The van der Waals surface area contributed by atoms with Crippen LogP contribution in [0.4, 0.5) is 68.5 Å². The van der Waals surface area contributed by atoms with Crippen molar-refractivity contribution in [3.05, 3.63) is 183 Å². The van der Waals surface area contributed by atoms with E-state index in [1.54, 1.807) is 39.0 Å². The minimum atomic E-state index is -4.43. The standard InChI is InChI=1S/3C19H22F3N3O2.C18H22ClN3O2.C16H26N2O2/c3*1-18(2,3)16-10-13(24-27-16)9-15(26)14-5-4-8-25(14)17-7-6-12(11-23-17)19(20,21)22;1-18(2,3)15-11-16(21-24-15)20-17(23)14-5-4-10-22(14)13-8-6-12(19)7-9-13;1-11(2)18-8-6-7-13(18)14(19)9-12-10-15(20-17-12)16(3,4)5/h3*6-7,10-11,14H,4-5,8-9H2,1-3H3;6-9,11,14H,4-5,10H2,1-3H3,(H,20,21,23);10-11,13H,6-9H2,1-5H3/t2*14-;;14-;/m10.0./s1. The Balaban J connectivity index is 0.000000164. The minimum Gasteiger partial charge on any atom is -0.361 e. The minimum absolute atomic E-state index is 0.0389. The fraction of sp³-hybridized carbons (Fsp3) is 0.549. The molecule has 0 bridgehead atoms. The van der Waals surface area contributed by atoms with E-state index in [0.29, 0.717) is 114 Å². The van der Waals surface area contributed by atoms with E-state index in [0.717, 1.165) is 118 Å². The van der Waals surface area contributed by atoms with Crippen molar-refractivity contribution < 1.29 is 86.1 Å². The van der Waals surface area contributed by atoms with Crippen molar-refractivity contribution in [3.8, 4) is 0 Å². The molecule has 24 nitrogen and oxygen atoms in total. The first-order valence-electron chi connectivity index (χ1n) is 42.2. The number of benzene rings is 1. The fourth-order valence-electron chi connectivity index (χ4n) is 15.1. The van der Waals surface area contributed by atoms with Gasteiger partial charge < -0.3 is 47.5 Å². The lowest BCUT2D eigenvalue weighted by Gasteiger charge is -2.26. The summed E-state index contributed by atoms with van der Waals surface area (Å²) in [5.41, 5.74) is 0.272. The van der Waals surface area contributed by atoms with Crippen LogP contribution in [0.25, 0.3) is 0 Å². The van der Waals surface area contributed by atoms with E-state index >= 15 is 0 Å². The molecule has 13 heterocycles. The number of likely N-dealkylation sites (tertiary alicyclic amines) is 1. The van der Waals surface area contributed by atoms with Gasteiger partial charge in [-0.15, -0.1) is 0 Å². The van der Waals surface area contributed by atoms with Crippen LogP contribution in [-0.2, 0) is 95.3 Å². The van der Waals surface area contributed by atoms with Gasteiger partial charge in [0, 0.05) is 119 Å². The Morgan fingerprint density at radius 3 is 0.936 bits per heavy atom. The van der Waals surface area contributed by atoms with Gasteiger partial charge in [-0.2, -0.15) is 39.5 Å². The molecular formula is C91H114ClF9N14O10. The highest BCUT2D eigenvalue weighted by molar-refractivity contribution is 6.30. The molecule has 1 amide bonds.